The maximum absolute atomic E-state index is 12.3. The Morgan fingerprint density at radius 2 is 1.22 bits per heavy atom. The molecule has 0 bridgehead atoms. The number of halogens is 4. The van der Waals surface area contributed by atoms with Gasteiger partial charge in [-0.25, -0.2) is 9.59 Å². The van der Waals surface area contributed by atoms with Crippen LogP contribution in [-0.4, -0.2) is 30.6 Å². The van der Waals surface area contributed by atoms with Crippen LogP contribution < -0.4 is 0 Å². The van der Waals surface area contributed by atoms with Crippen molar-refractivity contribution in [1.29, 1.82) is 0 Å². The van der Waals surface area contributed by atoms with Gasteiger partial charge in [0.15, 0.2) is 0 Å². The van der Waals surface area contributed by atoms with Crippen LogP contribution >= 0.6 is 0 Å². The van der Waals surface area contributed by atoms with Gasteiger partial charge in [-0.3, -0.25) is 0 Å². The van der Waals surface area contributed by atoms with Crippen molar-refractivity contribution >= 4 is 11.9 Å². The van der Waals surface area contributed by atoms with Crippen LogP contribution in [0.4, 0.5) is 17.6 Å². The molecule has 0 fully saturated rings. The molecule has 0 radical (unpaired) electrons. The third-order valence-corrected chi connectivity index (χ3v) is 3.22. The minimum atomic E-state index is -3.42. The molecule has 23 heavy (non-hydrogen) atoms. The van der Waals surface area contributed by atoms with E-state index < -0.39 is 30.6 Å². The highest BCUT2D eigenvalue weighted by Crippen LogP contribution is 2.24. The van der Waals surface area contributed by atoms with Gasteiger partial charge < -0.3 is 9.47 Å². The predicted octanol–water partition coefficient (Wildman–Crippen LogP) is 4.46. The highest BCUT2D eigenvalue weighted by molar-refractivity contribution is 5.75. The van der Waals surface area contributed by atoms with E-state index in [0.717, 1.165) is 39.0 Å². The summed E-state index contributed by atoms with van der Waals surface area (Å²) in [5, 5.41) is 0. The lowest BCUT2D eigenvalue weighted by Crippen LogP contribution is -2.40. The summed E-state index contributed by atoms with van der Waals surface area (Å²) in [5.41, 5.74) is 0. The van der Waals surface area contributed by atoms with Crippen molar-refractivity contribution in [2.75, 3.05) is 0 Å². The van der Waals surface area contributed by atoms with Crippen LogP contribution in [0.3, 0.4) is 0 Å². The summed E-state index contributed by atoms with van der Waals surface area (Å²) in [5.74, 6) is -5.92. The van der Waals surface area contributed by atoms with Crippen LogP contribution in [-0.2, 0) is 19.1 Å². The first kappa shape index (κ1) is 21.7. The summed E-state index contributed by atoms with van der Waals surface area (Å²) in [7, 11) is 0. The maximum atomic E-state index is 12.3. The van der Waals surface area contributed by atoms with Crippen LogP contribution in [0.25, 0.3) is 0 Å². The summed E-state index contributed by atoms with van der Waals surface area (Å²) in [6.45, 7) is 3.12. The lowest BCUT2D eigenvalue weighted by molar-refractivity contribution is -0.237. The number of hydrogen-bond donors (Lipinski definition) is 0. The standard InChI is InChI=1S/C15H24F4O4/c1-3-4-5-6-7-8-9-10-15(2,22-13(20)11(16)17)23-14(21)12(18)19/h11-12H,3-10H2,1-2H3. The number of ether oxygens (including phenoxy) is 2. The van der Waals surface area contributed by atoms with E-state index in [4.69, 9.17) is 0 Å². The second-order valence-electron chi connectivity index (χ2n) is 5.45. The Balaban J connectivity index is 4.42. The first-order valence-corrected chi connectivity index (χ1v) is 7.74. The fraction of sp³-hybridized carbons (Fsp3) is 0.867. The Kier molecular flexibility index (Phi) is 10.6. The van der Waals surface area contributed by atoms with Crippen LogP contribution in [0.5, 0.6) is 0 Å². The normalized spacial score (nSPS) is 11.8. The summed E-state index contributed by atoms with van der Waals surface area (Å²) in [6.07, 6.45) is -0.692. The fourth-order valence-corrected chi connectivity index (χ4v) is 2.04. The predicted molar refractivity (Wildman–Crippen MR) is 75.2 cm³/mol. The molecule has 136 valence electrons. The number of carbonyl (C=O) groups excluding carboxylic acids is 2. The van der Waals surface area contributed by atoms with Crippen molar-refractivity contribution in [1.82, 2.24) is 0 Å². The molecular formula is C15H24F4O4. The molecule has 0 aliphatic heterocycles. The average Bonchev–Trinajstić information content (AvgIpc) is 2.45. The van der Waals surface area contributed by atoms with Crippen molar-refractivity contribution in [3.63, 3.8) is 0 Å². The summed E-state index contributed by atoms with van der Waals surface area (Å²) >= 11 is 0. The molecule has 0 N–H and O–H groups in total. The SMILES string of the molecule is CCCCCCCCCC(C)(OC(=O)C(F)F)OC(=O)C(F)F. The molecule has 0 saturated heterocycles. The van der Waals surface area contributed by atoms with E-state index in [-0.39, 0.29) is 6.42 Å². The molecule has 0 spiro atoms. The maximum Gasteiger partial charge on any atom is 0.377 e. The van der Waals surface area contributed by atoms with Crippen molar-refractivity contribution in [2.45, 2.75) is 83.9 Å². The molecule has 0 atom stereocenters. The van der Waals surface area contributed by atoms with Gasteiger partial charge in [0.25, 0.3) is 5.79 Å². The van der Waals surface area contributed by atoms with E-state index in [2.05, 4.69) is 16.4 Å². The number of alkyl halides is 4. The fourth-order valence-electron chi connectivity index (χ4n) is 2.04. The third kappa shape index (κ3) is 10.1. The lowest BCUT2D eigenvalue weighted by Gasteiger charge is -2.29. The molecule has 8 heteroatoms. The Labute approximate surface area is 133 Å². The van der Waals surface area contributed by atoms with E-state index in [1.165, 1.54) is 0 Å². The molecule has 4 nitrogen and oxygen atoms in total. The molecule has 0 aliphatic rings. The third-order valence-electron chi connectivity index (χ3n) is 3.22. The van der Waals surface area contributed by atoms with Gasteiger partial charge in [-0.1, -0.05) is 45.4 Å². The molecule has 0 aromatic carbocycles. The van der Waals surface area contributed by atoms with Gasteiger partial charge in [-0.2, -0.15) is 17.6 Å². The second kappa shape index (κ2) is 11.2. The van der Waals surface area contributed by atoms with Crippen LogP contribution in [0, 0.1) is 0 Å². The van der Waals surface area contributed by atoms with E-state index in [1.54, 1.807) is 0 Å². The molecule has 0 saturated carbocycles. The minimum absolute atomic E-state index is 0.113. The van der Waals surface area contributed by atoms with Crippen molar-refractivity contribution in [2.24, 2.45) is 0 Å². The molecule has 0 rings (SSSR count). The number of unbranched alkanes of at least 4 members (excludes halogenated alkanes) is 6. The highest BCUT2D eigenvalue weighted by Gasteiger charge is 2.37. The van der Waals surface area contributed by atoms with Crippen LogP contribution in [0.2, 0.25) is 0 Å². The van der Waals surface area contributed by atoms with Crippen molar-refractivity contribution in [3.05, 3.63) is 0 Å². The van der Waals surface area contributed by atoms with Gasteiger partial charge >= 0.3 is 24.8 Å². The van der Waals surface area contributed by atoms with E-state index >= 15 is 0 Å². The lowest BCUT2D eigenvalue weighted by atomic mass is 10.1. The van der Waals surface area contributed by atoms with E-state index in [9.17, 15) is 27.2 Å². The van der Waals surface area contributed by atoms with Crippen molar-refractivity contribution < 1.29 is 36.6 Å². The Bertz CT molecular complexity index is 339. The van der Waals surface area contributed by atoms with Gasteiger partial charge in [0, 0.05) is 13.3 Å². The number of rotatable bonds is 12. The number of hydrogen-bond acceptors (Lipinski definition) is 4. The first-order chi connectivity index (χ1) is 10.7. The quantitative estimate of drug-likeness (QED) is 0.227. The molecule has 0 amide bonds. The Hall–Kier alpha value is -1.34. The zero-order valence-electron chi connectivity index (χ0n) is 13.5. The van der Waals surface area contributed by atoms with Gasteiger partial charge in [0.05, 0.1) is 0 Å². The van der Waals surface area contributed by atoms with Gasteiger partial charge in [-0.15, -0.1) is 0 Å². The van der Waals surface area contributed by atoms with Gasteiger partial charge in [-0.05, 0) is 6.42 Å². The first-order valence-electron chi connectivity index (χ1n) is 7.74. The Morgan fingerprint density at radius 1 is 0.826 bits per heavy atom. The summed E-state index contributed by atoms with van der Waals surface area (Å²) in [6, 6.07) is 0. The Morgan fingerprint density at radius 3 is 1.61 bits per heavy atom. The van der Waals surface area contributed by atoms with E-state index in [0.29, 0.717) is 12.8 Å². The molecule has 0 aliphatic carbocycles. The zero-order valence-corrected chi connectivity index (χ0v) is 13.5. The van der Waals surface area contributed by atoms with Crippen molar-refractivity contribution in [3.8, 4) is 0 Å². The minimum Gasteiger partial charge on any atom is -0.419 e. The second-order valence-corrected chi connectivity index (χ2v) is 5.45. The monoisotopic (exact) mass is 344 g/mol. The molecule has 0 unspecified atom stereocenters. The van der Waals surface area contributed by atoms with Gasteiger partial charge in [0.2, 0.25) is 0 Å². The van der Waals surface area contributed by atoms with Gasteiger partial charge in [0.1, 0.15) is 0 Å². The highest BCUT2D eigenvalue weighted by atomic mass is 19.3. The largest absolute Gasteiger partial charge is 0.419 e. The molecule has 0 aromatic heterocycles. The van der Waals surface area contributed by atoms with Crippen LogP contribution in [0.15, 0.2) is 0 Å². The van der Waals surface area contributed by atoms with Crippen LogP contribution in [0.1, 0.15) is 65.2 Å². The molecule has 0 aromatic rings. The number of carbonyl (C=O) groups is 2. The summed E-state index contributed by atoms with van der Waals surface area (Å²) < 4.78 is 57.8. The molecular weight excluding hydrogens is 320 g/mol. The summed E-state index contributed by atoms with van der Waals surface area (Å²) in [4.78, 5) is 21.9. The number of esters is 2. The topological polar surface area (TPSA) is 52.6 Å². The zero-order chi connectivity index (χ0) is 17.9. The smallest absolute Gasteiger partial charge is 0.377 e. The molecule has 0 heterocycles. The average molecular weight is 344 g/mol. The van der Waals surface area contributed by atoms with E-state index in [1.807, 2.05) is 0 Å².